The van der Waals surface area contributed by atoms with Crippen molar-refractivity contribution in [3.05, 3.63) is 53.3 Å². The number of pyridine rings is 1. The van der Waals surface area contributed by atoms with Crippen molar-refractivity contribution in [1.29, 1.82) is 0 Å². The van der Waals surface area contributed by atoms with E-state index >= 15 is 0 Å². The molecule has 2 rings (SSSR count). The van der Waals surface area contributed by atoms with Crippen LogP contribution in [-0.2, 0) is 0 Å². The van der Waals surface area contributed by atoms with Gasteiger partial charge in [0.1, 0.15) is 17.2 Å². The first-order valence-electron chi connectivity index (χ1n) is 6.03. The molecule has 0 radical (unpaired) electrons. The molecule has 0 aliphatic heterocycles. The highest BCUT2D eigenvalue weighted by Crippen LogP contribution is 2.23. The maximum Gasteiger partial charge on any atom is 0.269 e. The van der Waals surface area contributed by atoms with Crippen LogP contribution in [0.5, 0.6) is 11.5 Å². The SMILES string of the molecule is CNC(=O)c1cc(Oc2ccc(C)c(C)c2)ccn1. The topological polar surface area (TPSA) is 51.2 Å². The van der Waals surface area contributed by atoms with Gasteiger partial charge in [0, 0.05) is 19.3 Å². The van der Waals surface area contributed by atoms with Gasteiger partial charge in [0.15, 0.2) is 0 Å². The van der Waals surface area contributed by atoms with Gasteiger partial charge in [-0.05, 0) is 43.2 Å². The minimum Gasteiger partial charge on any atom is -0.457 e. The lowest BCUT2D eigenvalue weighted by Gasteiger charge is -2.08. The molecule has 1 aromatic heterocycles. The lowest BCUT2D eigenvalue weighted by atomic mass is 10.1. The predicted octanol–water partition coefficient (Wildman–Crippen LogP) is 2.85. The summed E-state index contributed by atoms with van der Waals surface area (Å²) in [5.41, 5.74) is 2.72. The van der Waals surface area contributed by atoms with Gasteiger partial charge in [-0.15, -0.1) is 0 Å². The van der Waals surface area contributed by atoms with Crippen molar-refractivity contribution in [2.24, 2.45) is 0 Å². The Hall–Kier alpha value is -2.36. The summed E-state index contributed by atoms with van der Waals surface area (Å²) < 4.78 is 5.73. The van der Waals surface area contributed by atoms with Crippen molar-refractivity contribution in [3.8, 4) is 11.5 Å². The van der Waals surface area contributed by atoms with E-state index in [2.05, 4.69) is 17.2 Å². The minimum absolute atomic E-state index is 0.231. The second-order valence-corrected chi connectivity index (χ2v) is 4.30. The maximum absolute atomic E-state index is 11.5. The number of hydrogen-bond acceptors (Lipinski definition) is 3. The van der Waals surface area contributed by atoms with Crippen LogP contribution in [0.4, 0.5) is 0 Å². The molecule has 1 aromatic carbocycles. The number of ether oxygens (including phenoxy) is 1. The molecule has 0 aliphatic carbocycles. The summed E-state index contributed by atoms with van der Waals surface area (Å²) in [5, 5.41) is 2.53. The third kappa shape index (κ3) is 3.10. The van der Waals surface area contributed by atoms with Crippen molar-refractivity contribution in [2.45, 2.75) is 13.8 Å². The highest BCUT2D eigenvalue weighted by Gasteiger charge is 2.07. The van der Waals surface area contributed by atoms with Crippen LogP contribution in [-0.4, -0.2) is 17.9 Å². The van der Waals surface area contributed by atoms with Crippen LogP contribution >= 0.6 is 0 Å². The van der Waals surface area contributed by atoms with Crippen molar-refractivity contribution in [1.82, 2.24) is 10.3 Å². The Kier molecular flexibility index (Phi) is 3.80. The van der Waals surface area contributed by atoms with E-state index in [0.29, 0.717) is 11.4 Å². The molecule has 0 aliphatic rings. The third-order valence-corrected chi connectivity index (χ3v) is 2.91. The minimum atomic E-state index is -0.231. The lowest BCUT2D eigenvalue weighted by Crippen LogP contribution is -2.18. The second kappa shape index (κ2) is 5.52. The third-order valence-electron chi connectivity index (χ3n) is 2.91. The number of nitrogens with zero attached hydrogens (tertiary/aromatic N) is 1. The highest BCUT2D eigenvalue weighted by molar-refractivity contribution is 5.92. The van der Waals surface area contributed by atoms with Crippen LogP contribution in [0.2, 0.25) is 0 Å². The number of rotatable bonds is 3. The standard InChI is InChI=1S/C15H16N2O2/c1-10-4-5-12(8-11(10)2)19-13-6-7-17-14(9-13)15(18)16-3/h4-9H,1-3H3,(H,16,18). The fourth-order valence-corrected chi connectivity index (χ4v) is 1.64. The average molecular weight is 256 g/mol. The first-order chi connectivity index (χ1) is 9.10. The molecule has 0 saturated carbocycles. The highest BCUT2D eigenvalue weighted by atomic mass is 16.5. The summed E-state index contributed by atoms with van der Waals surface area (Å²) in [6.07, 6.45) is 1.56. The summed E-state index contributed by atoms with van der Waals surface area (Å²) in [6.45, 7) is 4.08. The Morgan fingerprint density at radius 2 is 1.84 bits per heavy atom. The van der Waals surface area contributed by atoms with E-state index in [0.717, 1.165) is 11.3 Å². The van der Waals surface area contributed by atoms with Crippen LogP contribution in [0, 0.1) is 13.8 Å². The Bertz CT molecular complexity index is 609. The van der Waals surface area contributed by atoms with Gasteiger partial charge in [-0.25, -0.2) is 0 Å². The van der Waals surface area contributed by atoms with Gasteiger partial charge in [0.25, 0.3) is 5.91 Å². The molecule has 4 heteroatoms. The molecule has 1 amide bonds. The van der Waals surface area contributed by atoms with Gasteiger partial charge in [-0.1, -0.05) is 6.07 Å². The van der Waals surface area contributed by atoms with E-state index in [4.69, 9.17) is 4.74 Å². The van der Waals surface area contributed by atoms with Crippen molar-refractivity contribution in [2.75, 3.05) is 7.05 Å². The molecular weight excluding hydrogens is 240 g/mol. The van der Waals surface area contributed by atoms with Gasteiger partial charge < -0.3 is 10.1 Å². The first kappa shape index (κ1) is 13.1. The Labute approximate surface area is 112 Å². The molecule has 0 fully saturated rings. The number of carbonyl (C=O) groups is 1. The largest absolute Gasteiger partial charge is 0.457 e. The summed E-state index contributed by atoms with van der Waals surface area (Å²) in [5.74, 6) is 1.11. The Balaban J connectivity index is 2.23. The van der Waals surface area contributed by atoms with E-state index in [9.17, 15) is 4.79 Å². The molecule has 0 spiro atoms. The monoisotopic (exact) mass is 256 g/mol. The molecule has 0 bridgehead atoms. The molecule has 0 saturated heterocycles. The smallest absolute Gasteiger partial charge is 0.269 e. The van der Waals surface area contributed by atoms with Crippen molar-refractivity contribution < 1.29 is 9.53 Å². The quantitative estimate of drug-likeness (QED) is 0.918. The number of benzene rings is 1. The zero-order valence-electron chi connectivity index (χ0n) is 11.2. The zero-order chi connectivity index (χ0) is 13.8. The molecule has 98 valence electrons. The van der Waals surface area contributed by atoms with Gasteiger partial charge >= 0.3 is 0 Å². The number of nitrogens with one attached hydrogen (secondary N) is 1. The van der Waals surface area contributed by atoms with E-state index in [1.807, 2.05) is 25.1 Å². The van der Waals surface area contributed by atoms with E-state index in [1.54, 1.807) is 25.4 Å². The Morgan fingerprint density at radius 1 is 1.11 bits per heavy atom. The molecule has 19 heavy (non-hydrogen) atoms. The van der Waals surface area contributed by atoms with Gasteiger partial charge in [-0.3, -0.25) is 9.78 Å². The number of aryl methyl sites for hydroxylation is 2. The van der Waals surface area contributed by atoms with Crippen molar-refractivity contribution >= 4 is 5.91 Å². The van der Waals surface area contributed by atoms with Crippen LogP contribution < -0.4 is 10.1 Å². The molecule has 0 atom stereocenters. The fourth-order valence-electron chi connectivity index (χ4n) is 1.64. The lowest BCUT2D eigenvalue weighted by molar-refractivity contribution is 0.0958. The number of carbonyl (C=O) groups excluding carboxylic acids is 1. The van der Waals surface area contributed by atoms with Gasteiger partial charge in [0.05, 0.1) is 0 Å². The summed E-state index contributed by atoms with van der Waals surface area (Å²) >= 11 is 0. The zero-order valence-corrected chi connectivity index (χ0v) is 11.2. The van der Waals surface area contributed by atoms with Crippen LogP contribution in [0.15, 0.2) is 36.5 Å². The van der Waals surface area contributed by atoms with E-state index < -0.39 is 0 Å². The van der Waals surface area contributed by atoms with E-state index in [-0.39, 0.29) is 5.91 Å². The van der Waals surface area contributed by atoms with Gasteiger partial charge in [0.2, 0.25) is 0 Å². The Morgan fingerprint density at radius 3 is 2.53 bits per heavy atom. The maximum atomic E-state index is 11.5. The molecule has 2 aromatic rings. The summed E-state index contributed by atoms with van der Waals surface area (Å²) in [6, 6.07) is 9.22. The molecule has 0 unspecified atom stereocenters. The fraction of sp³-hybridized carbons (Fsp3) is 0.200. The molecular formula is C15H16N2O2. The molecule has 1 heterocycles. The predicted molar refractivity (Wildman–Crippen MR) is 73.6 cm³/mol. The van der Waals surface area contributed by atoms with E-state index in [1.165, 1.54) is 5.56 Å². The summed E-state index contributed by atoms with van der Waals surface area (Å²) in [7, 11) is 1.57. The first-order valence-corrected chi connectivity index (χ1v) is 6.03. The van der Waals surface area contributed by atoms with Crippen molar-refractivity contribution in [3.63, 3.8) is 0 Å². The average Bonchev–Trinajstić information content (AvgIpc) is 2.42. The normalized spacial score (nSPS) is 10.1. The second-order valence-electron chi connectivity index (χ2n) is 4.30. The van der Waals surface area contributed by atoms with Gasteiger partial charge in [-0.2, -0.15) is 0 Å². The number of aromatic nitrogens is 1. The van der Waals surface area contributed by atoms with Crippen LogP contribution in [0.25, 0.3) is 0 Å². The molecule has 1 N–H and O–H groups in total. The molecule has 4 nitrogen and oxygen atoms in total. The number of hydrogen-bond donors (Lipinski definition) is 1. The van der Waals surface area contributed by atoms with Crippen LogP contribution in [0.3, 0.4) is 0 Å². The number of amides is 1. The summed E-state index contributed by atoms with van der Waals surface area (Å²) in [4.78, 5) is 15.5. The van der Waals surface area contributed by atoms with Crippen LogP contribution in [0.1, 0.15) is 21.6 Å².